The molecule has 50 heavy (non-hydrogen) atoms. The third-order valence-electron chi connectivity index (χ3n) is 9.99. The predicted molar refractivity (Wildman–Crippen MR) is 211 cm³/mol. The van der Waals surface area contributed by atoms with E-state index in [1.807, 2.05) is 0 Å². The third-order valence-corrected chi connectivity index (χ3v) is 9.99. The molecule has 0 bridgehead atoms. The predicted octanol–water partition coefficient (Wildman–Crippen LogP) is 13.2. The Hall–Kier alpha value is -6.38. The number of para-hydroxylation sites is 1. The lowest BCUT2D eigenvalue weighted by molar-refractivity contribution is 0.819. The molecule has 0 unspecified atom stereocenters. The summed E-state index contributed by atoms with van der Waals surface area (Å²) in [6, 6.07) is 65.7. The van der Waals surface area contributed by atoms with Gasteiger partial charge in [0, 0.05) is 40.1 Å². The Kier molecular flexibility index (Phi) is 7.68. The summed E-state index contributed by atoms with van der Waals surface area (Å²) in [6.45, 7) is 0. The summed E-state index contributed by atoms with van der Waals surface area (Å²) in [6.07, 6.45) is 7.80. The van der Waals surface area contributed by atoms with Crippen molar-refractivity contribution >= 4 is 28.4 Å². The standard InChI is InChI=1S/C48H36N2/c1-3-11-35(12-4-1)37-19-27-41(28-20-37)49(42-29-21-38(22-30-42)36-13-5-2-6-14-36)43-31-23-39(24-32-43)40-25-33-44(34-26-40)50-47-17-9-7-15-45(47)46-16-8-10-18-48(46)50/h1-15,17-34,46H,16H2/t46-/m1/s1. The number of allylic oxidation sites excluding steroid dienone is 4. The fraction of sp³-hybridized carbons (Fsp3) is 0.0417. The van der Waals surface area contributed by atoms with Crippen LogP contribution in [0.4, 0.5) is 28.4 Å². The van der Waals surface area contributed by atoms with Crippen LogP contribution in [0.3, 0.4) is 0 Å². The van der Waals surface area contributed by atoms with Crippen LogP contribution in [-0.2, 0) is 0 Å². The zero-order valence-electron chi connectivity index (χ0n) is 27.7. The van der Waals surface area contributed by atoms with E-state index in [2.05, 4.69) is 210 Å². The van der Waals surface area contributed by atoms with E-state index < -0.39 is 0 Å². The summed E-state index contributed by atoms with van der Waals surface area (Å²) < 4.78 is 0. The van der Waals surface area contributed by atoms with E-state index in [0.29, 0.717) is 5.92 Å². The topological polar surface area (TPSA) is 6.48 Å². The molecule has 1 aliphatic carbocycles. The smallest absolute Gasteiger partial charge is 0.0497 e. The van der Waals surface area contributed by atoms with Gasteiger partial charge in [0.2, 0.25) is 0 Å². The third kappa shape index (κ3) is 5.51. The summed E-state index contributed by atoms with van der Waals surface area (Å²) >= 11 is 0. The van der Waals surface area contributed by atoms with Crippen molar-refractivity contribution in [3.63, 3.8) is 0 Å². The van der Waals surface area contributed by atoms with Crippen LogP contribution in [0, 0.1) is 0 Å². The van der Waals surface area contributed by atoms with Gasteiger partial charge >= 0.3 is 0 Å². The summed E-state index contributed by atoms with van der Waals surface area (Å²) in [7, 11) is 0. The van der Waals surface area contributed by atoms with Crippen molar-refractivity contribution in [2.24, 2.45) is 0 Å². The zero-order chi connectivity index (χ0) is 33.3. The van der Waals surface area contributed by atoms with Crippen molar-refractivity contribution in [3.8, 4) is 33.4 Å². The second-order valence-electron chi connectivity index (χ2n) is 13.0. The van der Waals surface area contributed by atoms with Crippen molar-refractivity contribution in [2.75, 3.05) is 9.80 Å². The molecule has 1 atom stereocenters. The van der Waals surface area contributed by atoms with E-state index in [0.717, 1.165) is 23.5 Å². The highest BCUT2D eigenvalue weighted by atomic mass is 15.2. The van der Waals surface area contributed by atoms with E-state index in [1.165, 1.54) is 56.0 Å². The molecule has 0 saturated heterocycles. The molecule has 238 valence electrons. The van der Waals surface area contributed by atoms with Crippen LogP contribution in [-0.4, -0.2) is 0 Å². The molecule has 7 aromatic carbocycles. The fourth-order valence-corrected chi connectivity index (χ4v) is 7.47. The second kappa shape index (κ2) is 12.9. The maximum atomic E-state index is 2.43. The van der Waals surface area contributed by atoms with Crippen LogP contribution >= 0.6 is 0 Å². The molecular formula is C48H36N2. The first-order chi connectivity index (χ1) is 24.8. The van der Waals surface area contributed by atoms with Gasteiger partial charge in [0.15, 0.2) is 0 Å². The lowest BCUT2D eigenvalue weighted by atomic mass is 9.92. The summed E-state index contributed by atoms with van der Waals surface area (Å²) in [4.78, 5) is 4.77. The molecular weight excluding hydrogens is 605 g/mol. The molecule has 9 rings (SSSR count). The SMILES string of the molecule is C1=CC[C@H]2C(=C1)N(c1ccc(-c3ccc(N(c4ccc(-c5ccccc5)cc4)c4ccc(-c5ccccc5)cc4)cc3)cc1)c1ccccc12. The molecule has 7 aromatic rings. The number of benzene rings is 7. The molecule has 1 heterocycles. The van der Waals surface area contributed by atoms with Gasteiger partial charge in [-0.05, 0) is 106 Å². The van der Waals surface area contributed by atoms with Crippen LogP contribution in [0.1, 0.15) is 17.9 Å². The maximum absolute atomic E-state index is 2.43. The number of nitrogens with zero attached hydrogens (tertiary/aromatic N) is 2. The Morgan fingerprint density at radius 1 is 0.420 bits per heavy atom. The average Bonchev–Trinajstić information content (AvgIpc) is 3.54. The van der Waals surface area contributed by atoms with Crippen molar-refractivity contribution < 1.29 is 0 Å². The van der Waals surface area contributed by atoms with Gasteiger partial charge in [-0.2, -0.15) is 0 Å². The molecule has 0 fully saturated rings. The monoisotopic (exact) mass is 640 g/mol. The van der Waals surface area contributed by atoms with Crippen LogP contribution in [0.5, 0.6) is 0 Å². The second-order valence-corrected chi connectivity index (χ2v) is 13.0. The Labute approximate surface area is 294 Å². The Morgan fingerprint density at radius 2 is 0.840 bits per heavy atom. The quantitative estimate of drug-likeness (QED) is 0.171. The molecule has 0 amide bonds. The van der Waals surface area contributed by atoms with Crippen molar-refractivity contribution in [2.45, 2.75) is 12.3 Å². The highest BCUT2D eigenvalue weighted by Gasteiger charge is 2.34. The minimum atomic E-state index is 0.426. The van der Waals surface area contributed by atoms with E-state index in [4.69, 9.17) is 0 Å². The van der Waals surface area contributed by atoms with Crippen molar-refractivity contribution in [1.82, 2.24) is 0 Å². The summed E-state index contributed by atoms with van der Waals surface area (Å²) in [5.74, 6) is 0.426. The molecule has 0 N–H and O–H groups in total. The number of anilines is 5. The lowest BCUT2D eigenvalue weighted by Gasteiger charge is -2.26. The van der Waals surface area contributed by atoms with E-state index in [1.54, 1.807) is 0 Å². The van der Waals surface area contributed by atoms with Crippen molar-refractivity contribution in [1.29, 1.82) is 0 Å². The highest BCUT2D eigenvalue weighted by molar-refractivity contribution is 5.83. The molecule has 2 heteroatoms. The Bertz CT molecular complexity index is 2220. The normalized spacial score (nSPS) is 14.5. The molecule has 0 aromatic heterocycles. The zero-order valence-corrected chi connectivity index (χ0v) is 27.7. The van der Waals surface area contributed by atoms with E-state index in [-0.39, 0.29) is 0 Å². The minimum absolute atomic E-state index is 0.426. The largest absolute Gasteiger partial charge is 0.313 e. The number of hydrogen-bond acceptors (Lipinski definition) is 2. The van der Waals surface area contributed by atoms with Crippen LogP contribution in [0.2, 0.25) is 0 Å². The van der Waals surface area contributed by atoms with E-state index >= 15 is 0 Å². The highest BCUT2D eigenvalue weighted by Crippen LogP contribution is 2.50. The molecule has 1 aliphatic heterocycles. The van der Waals surface area contributed by atoms with Crippen LogP contribution in [0.15, 0.2) is 206 Å². The summed E-state index contributed by atoms with van der Waals surface area (Å²) in [5, 5.41) is 0. The number of rotatable bonds is 7. The summed E-state index contributed by atoms with van der Waals surface area (Å²) in [5.41, 5.74) is 15.8. The van der Waals surface area contributed by atoms with Gasteiger partial charge in [0.05, 0.1) is 0 Å². The molecule has 2 aliphatic rings. The van der Waals surface area contributed by atoms with Gasteiger partial charge in [0.1, 0.15) is 0 Å². The van der Waals surface area contributed by atoms with Gasteiger partial charge in [0.25, 0.3) is 0 Å². The molecule has 0 radical (unpaired) electrons. The number of hydrogen-bond donors (Lipinski definition) is 0. The fourth-order valence-electron chi connectivity index (χ4n) is 7.47. The van der Waals surface area contributed by atoms with Crippen molar-refractivity contribution in [3.05, 3.63) is 211 Å². The van der Waals surface area contributed by atoms with Gasteiger partial charge in [-0.1, -0.05) is 140 Å². The molecule has 0 spiro atoms. The molecule has 2 nitrogen and oxygen atoms in total. The lowest BCUT2D eigenvalue weighted by Crippen LogP contribution is -2.14. The Balaban J connectivity index is 1.03. The van der Waals surface area contributed by atoms with Gasteiger partial charge < -0.3 is 9.80 Å². The van der Waals surface area contributed by atoms with E-state index in [9.17, 15) is 0 Å². The maximum Gasteiger partial charge on any atom is 0.0497 e. The van der Waals surface area contributed by atoms with Crippen LogP contribution in [0.25, 0.3) is 33.4 Å². The average molecular weight is 641 g/mol. The first-order valence-electron chi connectivity index (χ1n) is 17.4. The van der Waals surface area contributed by atoms with Gasteiger partial charge in [-0.3, -0.25) is 0 Å². The first kappa shape index (κ1) is 29.7. The van der Waals surface area contributed by atoms with Gasteiger partial charge in [-0.25, -0.2) is 0 Å². The first-order valence-corrected chi connectivity index (χ1v) is 17.4. The number of fused-ring (bicyclic) bond motifs is 3. The minimum Gasteiger partial charge on any atom is -0.313 e. The van der Waals surface area contributed by atoms with Crippen LogP contribution < -0.4 is 9.80 Å². The Morgan fingerprint density at radius 3 is 1.34 bits per heavy atom. The molecule has 0 saturated carbocycles. The van der Waals surface area contributed by atoms with Gasteiger partial charge in [-0.15, -0.1) is 0 Å².